The summed E-state index contributed by atoms with van der Waals surface area (Å²) in [7, 11) is -7.19. The Kier molecular flexibility index (Phi) is 5.97. The third kappa shape index (κ3) is 4.86. The summed E-state index contributed by atoms with van der Waals surface area (Å²) in [5.41, 5.74) is 2.81. The second kappa shape index (κ2) is 8.79. The number of nitrogens with one attached hydrogen (secondary N) is 2. The molecule has 204 valence electrons. The first-order chi connectivity index (χ1) is 17.9. The van der Waals surface area contributed by atoms with E-state index in [4.69, 9.17) is 0 Å². The molecule has 0 saturated heterocycles. The van der Waals surface area contributed by atoms with Gasteiger partial charge in [-0.3, -0.25) is 9.52 Å². The molecule has 2 aromatic carbocycles. The zero-order chi connectivity index (χ0) is 26.9. The van der Waals surface area contributed by atoms with Crippen LogP contribution in [-0.4, -0.2) is 41.6 Å². The van der Waals surface area contributed by atoms with Gasteiger partial charge in [-0.15, -0.1) is 0 Å². The molecule has 0 radical (unpaired) electrons. The topological polar surface area (TPSA) is 113 Å². The van der Waals surface area contributed by atoms with Crippen LogP contribution in [-0.2, 0) is 25.5 Å². The van der Waals surface area contributed by atoms with Crippen LogP contribution in [0.1, 0.15) is 74.2 Å². The van der Waals surface area contributed by atoms with Gasteiger partial charge in [0.25, 0.3) is 5.91 Å². The first kappa shape index (κ1) is 25.8. The second-order valence-electron chi connectivity index (χ2n) is 12.1. The molecule has 6 rings (SSSR count). The van der Waals surface area contributed by atoms with Crippen LogP contribution in [0.4, 0.5) is 11.4 Å². The lowest BCUT2D eigenvalue weighted by Crippen LogP contribution is -2.40. The van der Waals surface area contributed by atoms with Gasteiger partial charge >= 0.3 is 0 Å². The summed E-state index contributed by atoms with van der Waals surface area (Å²) in [5, 5.41) is 0. The number of benzene rings is 2. The number of rotatable bonds is 7. The fraction of sp³-hybridized carbons (Fsp3) is 0.536. The highest BCUT2D eigenvalue weighted by Gasteiger charge is 2.53. The molecule has 38 heavy (non-hydrogen) atoms. The molecule has 2 spiro atoms. The van der Waals surface area contributed by atoms with E-state index in [0.717, 1.165) is 56.0 Å². The number of sulfonamides is 2. The van der Waals surface area contributed by atoms with Crippen molar-refractivity contribution in [2.45, 2.75) is 74.6 Å². The number of hydrogen-bond donors (Lipinski definition) is 2. The highest BCUT2D eigenvalue weighted by molar-refractivity contribution is 7.92. The molecule has 8 nitrogen and oxygen atoms in total. The van der Waals surface area contributed by atoms with Crippen molar-refractivity contribution in [2.24, 2.45) is 11.3 Å². The average molecular weight is 558 g/mol. The Morgan fingerprint density at radius 3 is 2.29 bits per heavy atom. The maximum absolute atomic E-state index is 13.9. The predicted molar refractivity (Wildman–Crippen MR) is 147 cm³/mol. The lowest BCUT2D eigenvalue weighted by molar-refractivity contribution is 0.0980. The van der Waals surface area contributed by atoms with Crippen LogP contribution >= 0.6 is 0 Å². The van der Waals surface area contributed by atoms with E-state index in [1.807, 2.05) is 19.1 Å². The van der Waals surface area contributed by atoms with Crippen LogP contribution in [0.2, 0.25) is 0 Å². The molecule has 4 aliphatic rings. The molecule has 1 aliphatic heterocycles. The summed E-state index contributed by atoms with van der Waals surface area (Å²) >= 11 is 0. The molecule has 2 N–H and O–H groups in total. The zero-order valence-corrected chi connectivity index (χ0v) is 23.5. The summed E-state index contributed by atoms with van der Waals surface area (Å²) in [6, 6.07) is 11.5. The van der Waals surface area contributed by atoms with Gasteiger partial charge in [-0.05, 0) is 112 Å². The van der Waals surface area contributed by atoms with Crippen LogP contribution in [0.3, 0.4) is 0 Å². The molecule has 1 atom stereocenters. The van der Waals surface area contributed by atoms with Gasteiger partial charge in [-0.2, -0.15) is 0 Å². The van der Waals surface area contributed by atoms with Gasteiger partial charge in [0.05, 0.1) is 11.2 Å². The van der Waals surface area contributed by atoms with Crippen LogP contribution < -0.4 is 14.3 Å². The Hall–Kier alpha value is -2.43. The molecule has 0 aromatic heterocycles. The average Bonchev–Trinajstić information content (AvgIpc) is 3.79. The highest BCUT2D eigenvalue weighted by Crippen LogP contribution is 2.62. The summed E-state index contributed by atoms with van der Waals surface area (Å²) in [6.45, 7) is 2.39. The number of carbonyl (C=O) groups is 1. The number of hydrogen-bond acceptors (Lipinski definition) is 5. The van der Waals surface area contributed by atoms with Crippen LogP contribution in [0.5, 0.6) is 0 Å². The molecule has 3 aliphatic carbocycles. The Balaban J connectivity index is 1.32. The van der Waals surface area contributed by atoms with Crippen LogP contribution in [0.15, 0.2) is 47.4 Å². The van der Waals surface area contributed by atoms with E-state index in [2.05, 4.69) is 9.44 Å². The third-order valence-corrected chi connectivity index (χ3v) is 11.3. The van der Waals surface area contributed by atoms with Crippen molar-refractivity contribution in [3.8, 4) is 0 Å². The number of fused-ring (bicyclic) bond motifs is 2. The monoisotopic (exact) mass is 557 g/mol. The molecule has 0 bridgehead atoms. The smallest absolute Gasteiger partial charge is 0.258 e. The Morgan fingerprint density at radius 2 is 1.66 bits per heavy atom. The van der Waals surface area contributed by atoms with Gasteiger partial charge in [-0.25, -0.2) is 21.6 Å². The summed E-state index contributed by atoms with van der Waals surface area (Å²) in [6.07, 6.45) is 9.83. The van der Waals surface area contributed by atoms with E-state index >= 15 is 0 Å². The first-order valence-corrected chi connectivity index (χ1v) is 16.8. The number of carbonyl (C=O) groups excluding carboxylic acids is 1. The van der Waals surface area contributed by atoms with Gasteiger partial charge in [0.15, 0.2) is 0 Å². The van der Waals surface area contributed by atoms with E-state index < -0.39 is 20.0 Å². The van der Waals surface area contributed by atoms with Gasteiger partial charge in [0, 0.05) is 34.9 Å². The first-order valence-electron chi connectivity index (χ1n) is 13.5. The van der Waals surface area contributed by atoms with Crippen molar-refractivity contribution in [3.63, 3.8) is 0 Å². The van der Waals surface area contributed by atoms with Gasteiger partial charge < -0.3 is 4.90 Å². The predicted octanol–water partition coefficient (Wildman–Crippen LogP) is 4.39. The SMILES string of the molecule is CC(NS(=O)(=O)c1cccc(C(=O)N2CC3(CCC4(CC4)CC3)c3cc(NS(C)(=O)=O)ccc32)c1)C1CC1. The van der Waals surface area contributed by atoms with Gasteiger partial charge in [0.2, 0.25) is 20.0 Å². The summed E-state index contributed by atoms with van der Waals surface area (Å²) in [4.78, 5) is 15.8. The summed E-state index contributed by atoms with van der Waals surface area (Å²) < 4.78 is 55.2. The highest BCUT2D eigenvalue weighted by atomic mass is 32.2. The van der Waals surface area contributed by atoms with Crippen LogP contribution in [0, 0.1) is 11.3 Å². The molecule has 1 unspecified atom stereocenters. The molecule has 1 amide bonds. The molecular weight excluding hydrogens is 522 g/mol. The minimum absolute atomic E-state index is 0.0889. The Bertz CT molecular complexity index is 1500. The largest absolute Gasteiger partial charge is 0.307 e. The molecule has 3 saturated carbocycles. The summed E-state index contributed by atoms with van der Waals surface area (Å²) in [5.74, 6) is 0.130. The Morgan fingerprint density at radius 1 is 0.974 bits per heavy atom. The molecule has 10 heteroatoms. The van der Waals surface area contributed by atoms with E-state index in [-0.39, 0.29) is 22.3 Å². The molecule has 3 fully saturated rings. The van der Waals surface area contributed by atoms with Crippen molar-refractivity contribution < 1.29 is 21.6 Å². The van der Waals surface area contributed by atoms with Crippen LogP contribution in [0.25, 0.3) is 0 Å². The second-order valence-corrected chi connectivity index (χ2v) is 15.5. The zero-order valence-electron chi connectivity index (χ0n) is 21.9. The van der Waals surface area contributed by atoms with E-state index in [1.54, 1.807) is 23.1 Å². The number of anilines is 2. The maximum Gasteiger partial charge on any atom is 0.258 e. The quantitative estimate of drug-likeness (QED) is 0.525. The van der Waals surface area contributed by atoms with Crippen molar-refractivity contribution >= 4 is 37.3 Å². The third-order valence-electron chi connectivity index (χ3n) is 9.15. The van der Waals surface area contributed by atoms with Crippen molar-refractivity contribution in [1.82, 2.24) is 4.72 Å². The fourth-order valence-electron chi connectivity index (χ4n) is 6.45. The minimum Gasteiger partial charge on any atom is -0.307 e. The van der Waals surface area contributed by atoms with Gasteiger partial charge in [-0.1, -0.05) is 6.07 Å². The number of nitrogens with zero attached hydrogens (tertiary/aromatic N) is 1. The Labute approximate surface area is 225 Å². The van der Waals surface area contributed by atoms with Crippen molar-refractivity contribution in [1.29, 1.82) is 0 Å². The number of amides is 1. The van der Waals surface area contributed by atoms with E-state index in [0.29, 0.717) is 29.1 Å². The maximum atomic E-state index is 13.9. The lowest BCUT2D eigenvalue weighted by Gasteiger charge is -2.38. The normalized spacial score (nSPS) is 22.3. The van der Waals surface area contributed by atoms with Crippen molar-refractivity contribution in [3.05, 3.63) is 53.6 Å². The minimum atomic E-state index is -3.75. The fourth-order valence-corrected chi connectivity index (χ4v) is 8.36. The van der Waals surface area contributed by atoms with E-state index in [1.165, 1.54) is 25.0 Å². The molecular formula is C28H35N3O5S2. The molecule has 2 aromatic rings. The van der Waals surface area contributed by atoms with Gasteiger partial charge in [0.1, 0.15) is 0 Å². The standard InChI is InChI=1S/C28H35N3O5S2/c1-19(20-6-7-20)29-38(35,36)23-5-3-4-21(16-23)26(32)31-18-28(14-12-27(10-11-27)13-15-28)24-17-22(8-9-25(24)31)30-37(2,33)34/h3-5,8-9,16-17,19-20,29-30H,6-7,10-15,18H2,1-2H3. The van der Waals surface area contributed by atoms with Crippen molar-refractivity contribution in [2.75, 3.05) is 22.4 Å². The molecule has 1 heterocycles. The lowest BCUT2D eigenvalue weighted by atomic mass is 9.66. The van der Waals surface area contributed by atoms with E-state index in [9.17, 15) is 21.6 Å².